The Hall–Kier alpha value is -5.34. The second-order valence-electron chi connectivity index (χ2n) is 14.7. The molecule has 0 fully saturated rings. The van der Waals surface area contributed by atoms with E-state index in [9.17, 15) is 10.2 Å². The fourth-order valence-electron chi connectivity index (χ4n) is 7.79. The van der Waals surface area contributed by atoms with Gasteiger partial charge in [-0.1, -0.05) is 155 Å². The van der Waals surface area contributed by atoms with Crippen LogP contribution in [0, 0.1) is 6.92 Å². The Morgan fingerprint density at radius 3 is 1.43 bits per heavy atom. The van der Waals surface area contributed by atoms with Gasteiger partial charge in [-0.25, -0.2) is 0 Å². The third-order valence-corrected chi connectivity index (χ3v) is 11.1. The molecule has 0 spiro atoms. The maximum absolute atomic E-state index is 12.1. The summed E-state index contributed by atoms with van der Waals surface area (Å²) in [7, 11) is 0. The van der Waals surface area contributed by atoms with Crippen molar-refractivity contribution >= 4 is 21.5 Å². The molecule has 0 saturated heterocycles. The lowest BCUT2D eigenvalue weighted by atomic mass is 9.66. The summed E-state index contributed by atoms with van der Waals surface area (Å²) >= 11 is 0. The summed E-state index contributed by atoms with van der Waals surface area (Å²) in [6.07, 6.45) is 0. The van der Waals surface area contributed by atoms with Gasteiger partial charge in [0.05, 0.1) is 0 Å². The van der Waals surface area contributed by atoms with E-state index in [4.69, 9.17) is 0 Å². The first-order valence-corrected chi connectivity index (χ1v) is 17.1. The molecule has 0 aliphatic rings. The van der Waals surface area contributed by atoms with Crippen LogP contribution in [0.3, 0.4) is 0 Å². The number of hydrogen-bond acceptors (Lipinski definition) is 2. The Labute approximate surface area is 290 Å². The van der Waals surface area contributed by atoms with E-state index < -0.39 is 5.41 Å². The monoisotopic (exact) mass is 640 g/mol. The smallest absolute Gasteiger partial charge is 0.122 e. The molecule has 244 valence electrons. The molecule has 7 aromatic rings. The Morgan fingerprint density at radius 2 is 0.878 bits per heavy atom. The molecule has 49 heavy (non-hydrogen) atoms. The predicted octanol–water partition coefficient (Wildman–Crippen LogP) is 11.7. The third-order valence-electron chi connectivity index (χ3n) is 11.1. The van der Waals surface area contributed by atoms with Gasteiger partial charge in [-0.05, 0) is 92.5 Å². The Kier molecular flexibility index (Phi) is 7.87. The van der Waals surface area contributed by atoms with Gasteiger partial charge in [0.1, 0.15) is 11.5 Å². The molecule has 0 saturated carbocycles. The Morgan fingerprint density at radius 1 is 0.408 bits per heavy atom. The standard InChI is InChI=1S/C47H44O2/c1-31-28-37(46(4,5)36-19-13-18-35(29-36)45(2,3)34-24-26-38(48)27-25-34)30-43(44(31)49)47(6,41-22-11-16-32-14-7-9-20-39(32)41)42-23-12-17-33-15-8-10-21-40(33)42/h7-30,48-49H,1-6H3. The number of aromatic hydroxyl groups is 2. The lowest BCUT2D eigenvalue weighted by Crippen LogP contribution is -2.28. The molecule has 0 aromatic heterocycles. The minimum atomic E-state index is -0.689. The van der Waals surface area contributed by atoms with Crippen molar-refractivity contribution in [2.45, 2.75) is 57.8 Å². The first kappa shape index (κ1) is 32.2. The predicted molar refractivity (Wildman–Crippen MR) is 205 cm³/mol. The van der Waals surface area contributed by atoms with Crippen LogP contribution in [0.4, 0.5) is 0 Å². The van der Waals surface area contributed by atoms with Gasteiger partial charge in [-0.15, -0.1) is 0 Å². The average Bonchev–Trinajstić information content (AvgIpc) is 3.12. The van der Waals surface area contributed by atoms with Crippen molar-refractivity contribution in [3.63, 3.8) is 0 Å². The molecular weight excluding hydrogens is 597 g/mol. The van der Waals surface area contributed by atoms with E-state index in [1.165, 1.54) is 32.7 Å². The number of aryl methyl sites for hydroxylation is 1. The van der Waals surface area contributed by atoms with E-state index >= 15 is 0 Å². The normalized spacial score (nSPS) is 12.4. The number of benzene rings is 7. The maximum atomic E-state index is 12.1. The quantitative estimate of drug-likeness (QED) is 0.170. The number of phenols is 2. The fraction of sp³-hybridized carbons (Fsp3) is 0.191. The summed E-state index contributed by atoms with van der Waals surface area (Å²) in [5.74, 6) is 0.595. The molecule has 0 atom stereocenters. The molecule has 0 radical (unpaired) electrons. The fourth-order valence-corrected chi connectivity index (χ4v) is 7.79. The highest BCUT2D eigenvalue weighted by Gasteiger charge is 2.38. The van der Waals surface area contributed by atoms with Gasteiger partial charge in [-0.3, -0.25) is 0 Å². The highest BCUT2D eigenvalue weighted by Crippen LogP contribution is 2.50. The molecule has 2 nitrogen and oxygen atoms in total. The molecule has 7 rings (SSSR count). The largest absolute Gasteiger partial charge is 0.508 e. The minimum Gasteiger partial charge on any atom is -0.508 e. The van der Waals surface area contributed by atoms with E-state index in [0.29, 0.717) is 5.75 Å². The van der Waals surface area contributed by atoms with E-state index in [1.54, 1.807) is 12.1 Å². The van der Waals surface area contributed by atoms with Gasteiger partial charge in [0.15, 0.2) is 0 Å². The second-order valence-corrected chi connectivity index (χ2v) is 14.7. The number of fused-ring (bicyclic) bond motifs is 2. The van der Waals surface area contributed by atoms with E-state index in [2.05, 4.69) is 156 Å². The summed E-state index contributed by atoms with van der Waals surface area (Å²) < 4.78 is 0. The SMILES string of the molecule is Cc1cc(C(C)(C)c2cccc(C(C)(C)c3ccc(O)cc3)c2)cc(C(C)(c2cccc3ccccc23)c2cccc3ccccc23)c1O. The lowest BCUT2D eigenvalue weighted by Gasteiger charge is -2.37. The number of rotatable bonds is 7. The van der Waals surface area contributed by atoms with Crippen molar-refractivity contribution in [3.8, 4) is 11.5 Å². The van der Waals surface area contributed by atoms with E-state index in [-0.39, 0.29) is 16.6 Å². The van der Waals surface area contributed by atoms with Crippen LogP contribution in [0.15, 0.2) is 146 Å². The molecule has 7 aromatic carbocycles. The summed E-state index contributed by atoms with van der Waals surface area (Å²) in [6.45, 7) is 13.3. The van der Waals surface area contributed by atoms with Crippen LogP contribution in [0.25, 0.3) is 21.5 Å². The summed E-state index contributed by atoms with van der Waals surface area (Å²) in [6, 6.07) is 51.0. The maximum Gasteiger partial charge on any atom is 0.122 e. The van der Waals surface area contributed by atoms with Gasteiger partial charge in [0.2, 0.25) is 0 Å². The van der Waals surface area contributed by atoms with Crippen molar-refractivity contribution in [1.82, 2.24) is 0 Å². The summed E-state index contributed by atoms with van der Waals surface area (Å²) in [4.78, 5) is 0. The Bertz CT molecular complexity index is 2230. The van der Waals surface area contributed by atoms with Crippen molar-refractivity contribution in [3.05, 3.63) is 190 Å². The molecule has 2 N–H and O–H groups in total. The van der Waals surface area contributed by atoms with Crippen molar-refractivity contribution in [2.24, 2.45) is 0 Å². The minimum absolute atomic E-state index is 0.267. The molecule has 0 bridgehead atoms. The van der Waals surface area contributed by atoms with Crippen LogP contribution >= 0.6 is 0 Å². The molecule has 0 unspecified atom stereocenters. The molecular formula is C47H44O2. The molecule has 2 heteroatoms. The summed E-state index contributed by atoms with van der Waals surface area (Å²) in [5.41, 5.74) is 7.41. The highest BCUT2D eigenvalue weighted by molar-refractivity contribution is 5.92. The van der Waals surface area contributed by atoms with Crippen LogP contribution in [0.5, 0.6) is 11.5 Å². The van der Waals surface area contributed by atoms with Gasteiger partial charge in [-0.2, -0.15) is 0 Å². The second kappa shape index (κ2) is 12.0. The lowest BCUT2D eigenvalue weighted by molar-refractivity contribution is 0.452. The van der Waals surface area contributed by atoms with Gasteiger partial charge in [0.25, 0.3) is 0 Å². The first-order chi connectivity index (χ1) is 23.4. The zero-order valence-corrected chi connectivity index (χ0v) is 29.3. The van der Waals surface area contributed by atoms with Crippen molar-refractivity contribution in [2.75, 3.05) is 0 Å². The first-order valence-electron chi connectivity index (χ1n) is 17.1. The van der Waals surface area contributed by atoms with Gasteiger partial charge >= 0.3 is 0 Å². The number of phenolic OH excluding ortho intramolecular Hbond substituents is 2. The van der Waals surface area contributed by atoms with Crippen LogP contribution in [-0.4, -0.2) is 10.2 Å². The van der Waals surface area contributed by atoms with Gasteiger partial charge in [0, 0.05) is 21.8 Å². The van der Waals surface area contributed by atoms with E-state index in [0.717, 1.165) is 33.4 Å². The Balaban J connectivity index is 1.45. The van der Waals surface area contributed by atoms with Gasteiger partial charge < -0.3 is 10.2 Å². The van der Waals surface area contributed by atoms with Crippen molar-refractivity contribution in [1.29, 1.82) is 0 Å². The average molecular weight is 641 g/mol. The molecule has 0 aliphatic carbocycles. The summed E-state index contributed by atoms with van der Waals surface area (Å²) in [5, 5.41) is 26.8. The number of hydrogen-bond donors (Lipinski definition) is 2. The zero-order valence-electron chi connectivity index (χ0n) is 29.3. The van der Waals surface area contributed by atoms with Crippen LogP contribution in [0.2, 0.25) is 0 Å². The van der Waals surface area contributed by atoms with E-state index in [1.807, 2.05) is 19.1 Å². The van der Waals surface area contributed by atoms with Crippen molar-refractivity contribution < 1.29 is 10.2 Å². The molecule has 0 aliphatic heterocycles. The van der Waals surface area contributed by atoms with Crippen LogP contribution < -0.4 is 0 Å². The van der Waals surface area contributed by atoms with Crippen LogP contribution in [-0.2, 0) is 16.2 Å². The third kappa shape index (κ3) is 5.36. The topological polar surface area (TPSA) is 40.5 Å². The van der Waals surface area contributed by atoms with Crippen LogP contribution in [0.1, 0.15) is 79.1 Å². The molecule has 0 heterocycles. The highest BCUT2D eigenvalue weighted by atomic mass is 16.3. The zero-order chi connectivity index (χ0) is 34.6. The molecule has 0 amide bonds.